The minimum Gasteiger partial charge on any atom is -0.497 e. The van der Waals surface area contributed by atoms with E-state index in [0.717, 1.165) is 24.4 Å². The summed E-state index contributed by atoms with van der Waals surface area (Å²) in [6, 6.07) is 11.9. The summed E-state index contributed by atoms with van der Waals surface area (Å²) in [5.74, 6) is 1.77. The number of carbonyl (C=O) groups excluding carboxylic acids is 1. The van der Waals surface area contributed by atoms with Crippen LogP contribution in [0, 0.1) is 0 Å². The largest absolute Gasteiger partial charge is 0.497 e. The number of likely N-dealkylation sites (tertiary alicyclic amines) is 1. The minimum atomic E-state index is -0.0239. The molecule has 3 aromatic rings. The Morgan fingerprint density at radius 1 is 1.12 bits per heavy atom. The van der Waals surface area contributed by atoms with Gasteiger partial charge < -0.3 is 14.6 Å². The molecule has 0 radical (unpaired) electrons. The lowest BCUT2D eigenvalue weighted by Gasteiger charge is -2.35. The summed E-state index contributed by atoms with van der Waals surface area (Å²) in [6.07, 6.45) is 7.72. The van der Waals surface area contributed by atoms with Gasteiger partial charge in [-0.05, 0) is 55.8 Å². The van der Waals surface area contributed by atoms with Crippen molar-refractivity contribution in [2.45, 2.75) is 38.1 Å². The smallest absolute Gasteiger partial charge is 0.227 e. The lowest BCUT2D eigenvalue weighted by Crippen LogP contribution is -2.40. The molecule has 0 unspecified atom stereocenters. The summed E-state index contributed by atoms with van der Waals surface area (Å²) < 4.78 is 10.6. The molecule has 8 nitrogen and oxygen atoms in total. The summed E-state index contributed by atoms with van der Waals surface area (Å²) in [5.41, 5.74) is 2.02. The Labute approximate surface area is 188 Å². The number of amides is 1. The van der Waals surface area contributed by atoms with Crippen LogP contribution in [0.1, 0.15) is 43.2 Å². The fourth-order valence-electron chi connectivity index (χ4n) is 4.01. The molecule has 32 heavy (non-hydrogen) atoms. The number of aromatic nitrogens is 3. The molecule has 1 amide bonds. The molecule has 1 atom stereocenters. The molecule has 0 aliphatic carbocycles. The molecule has 8 heteroatoms. The second-order valence-corrected chi connectivity index (χ2v) is 7.94. The summed E-state index contributed by atoms with van der Waals surface area (Å²) >= 11 is 0. The van der Waals surface area contributed by atoms with Crippen molar-refractivity contribution in [3.8, 4) is 17.1 Å². The van der Waals surface area contributed by atoms with Crippen LogP contribution in [0.2, 0.25) is 0 Å². The van der Waals surface area contributed by atoms with E-state index in [2.05, 4.69) is 37.5 Å². The molecule has 1 N–H and O–H groups in total. The number of carbonyl (C=O) groups is 1. The van der Waals surface area contributed by atoms with Crippen LogP contribution < -0.4 is 10.1 Å². The van der Waals surface area contributed by atoms with Crippen molar-refractivity contribution in [2.75, 3.05) is 26.7 Å². The Kier molecular flexibility index (Phi) is 7.45. The van der Waals surface area contributed by atoms with Crippen molar-refractivity contribution < 1.29 is 14.1 Å². The van der Waals surface area contributed by atoms with E-state index >= 15 is 0 Å². The maximum Gasteiger partial charge on any atom is 0.227 e. The third-order valence-corrected chi connectivity index (χ3v) is 5.80. The molecule has 3 heterocycles. The zero-order chi connectivity index (χ0) is 22.2. The van der Waals surface area contributed by atoms with E-state index in [4.69, 9.17) is 9.26 Å². The number of pyridine rings is 1. The van der Waals surface area contributed by atoms with Gasteiger partial charge in [-0.25, -0.2) is 0 Å². The number of piperidine rings is 1. The van der Waals surface area contributed by atoms with Gasteiger partial charge in [-0.3, -0.25) is 14.7 Å². The first kappa shape index (κ1) is 22.0. The van der Waals surface area contributed by atoms with Gasteiger partial charge in [-0.15, -0.1) is 0 Å². The SMILES string of the molecule is COc1ccc([C@@H](CNC(=O)CCc2nc(-c3ccncc3)no2)N2CCCCC2)cc1. The second kappa shape index (κ2) is 10.9. The number of aryl methyl sites for hydroxylation is 1. The highest BCUT2D eigenvalue weighted by molar-refractivity contribution is 5.76. The second-order valence-electron chi connectivity index (χ2n) is 7.94. The van der Waals surface area contributed by atoms with Crippen LogP contribution in [-0.4, -0.2) is 52.7 Å². The first-order chi connectivity index (χ1) is 15.7. The van der Waals surface area contributed by atoms with Crippen molar-refractivity contribution in [3.05, 3.63) is 60.2 Å². The summed E-state index contributed by atoms with van der Waals surface area (Å²) in [4.78, 5) is 23.4. The van der Waals surface area contributed by atoms with Crippen molar-refractivity contribution >= 4 is 5.91 Å². The molecule has 4 rings (SSSR count). The zero-order valence-corrected chi connectivity index (χ0v) is 18.4. The maximum atomic E-state index is 12.6. The van der Waals surface area contributed by atoms with Crippen LogP contribution >= 0.6 is 0 Å². The first-order valence-corrected chi connectivity index (χ1v) is 11.1. The van der Waals surface area contributed by atoms with Gasteiger partial charge in [0.15, 0.2) is 0 Å². The number of hydrogen-bond donors (Lipinski definition) is 1. The topological polar surface area (TPSA) is 93.4 Å². The zero-order valence-electron chi connectivity index (χ0n) is 18.4. The molecule has 2 aromatic heterocycles. The van der Waals surface area contributed by atoms with E-state index in [9.17, 15) is 4.79 Å². The Morgan fingerprint density at radius 3 is 2.59 bits per heavy atom. The van der Waals surface area contributed by atoms with Crippen molar-refractivity contribution in [2.24, 2.45) is 0 Å². The number of benzene rings is 1. The van der Waals surface area contributed by atoms with E-state index in [1.165, 1.54) is 24.8 Å². The fraction of sp³-hybridized carbons (Fsp3) is 0.417. The fourth-order valence-corrected chi connectivity index (χ4v) is 4.01. The number of nitrogens with zero attached hydrogens (tertiary/aromatic N) is 4. The van der Waals surface area contributed by atoms with Gasteiger partial charge in [0.1, 0.15) is 5.75 Å². The van der Waals surface area contributed by atoms with E-state index < -0.39 is 0 Å². The summed E-state index contributed by atoms with van der Waals surface area (Å²) in [6.45, 7) is 2.66. The van der Waals surface area contributed by atoms with Crippen molar-refractivity contribution in [1.29, 1.82) is 0 Å². The molecule has 1 aliphatic rings. The molecule has 1 saturated heterocycles. The molecule has 1 aliphatic heterocycles. The Morgan fingerprint density at radius 2 is 1.88 bits per heavy atom. The van der Waals surface area contributed by atoms with Crippen molar-refractivity contribution in [1.82, 2.24) is 25.3 Å². The molecular formula is C24H29N5O3. The molecule has 168 valence electrons. The summed E-state index contributed by atoms with van der Waals surface area (Å²) in [7, 11) is 1.67. The van der Waals surface area contributed by atoms with Gasteiger partial charge in [0.2, 0.25) is 17.6 Å². The van der Waals surface area contributed by atoms with Crippen molar-refractivity contribution in [3.63, 3.8) is 0 Å². The van der Waals surface area contributed by atoms with Crippen LogP contribution in [-0.2, 0) is 11.2 Å². The van der Waals surface area contributed by atoms with E-state index in [1.807, 2.05) is 24.3 Å². The van der Waals surface area contributed by atoms with Crippen LogP contribution in [0.25, 0.3) is 11.4 Å². The van der Waals surface area contributed by atoms with Gasteiger partial charge in [0.25, 0.3) is 0 Å². The normalized spacial score (nSPS) is 15.3. The maximum absolute atomic E-state index is 12.6. The number of methoxy groups -OCH3 is 1. The van der Waals surface area contributed by atoms with Crippen LogP contribution in [0.3, 0.4) is 0 Å². The van der Waals surface area contributed by atoms with Gasteiger partial charge >= 0.3 is 0 Å². The highest BCUT2D eigenvalue weighted by Crippen LogP contribution is 2.26. The van der Waals surface area contributed by atoms with Gasteiger partial charge in [-0.1, -0.05) is 23.7 Å². The number of ether oxygens (including phenoxy) is 1. The molecular weight excluding hydrogens is 406 g/mol. The highest BCUT2D eigenvalue weighted by Gasteiger charge is 2.23. The molecule has 0 saturated carbocycles. The van der Waals surface area contributed by atoms with Gasteiger partial charge in [-0.2, -0.15) is 4.98 Å². The Bertz CT molecular complexity index is 984. The average Bonchev–Trinajstić information content (AvgIpc) is 3.34. The van der Waals surface area contributed by atoms with Gasteiger partial charge in [0.05, 0.1) is 13.2 Å². The predicted octanol–water partition coefficient (Wildman–Crippen LogP) is 3.42. The van der Waals surface area contributed by atoms with Crippen LogP contribution in [0.5, 0.6) is 5.75 Å². The molecule has 1 fully saturated rings. The summed E-state index contributed by atoms with van der Waals surface area (Å²) in [5, 5.41) is 7.10. The number of rotatable bonds is 9. The predicted molar refractivity (Wildman–Crippen MR) is 120 cm³/mol. The Hall–Kier alpha value is -3.26. The number of nitrogens with one attached hydrogen (secondary N) is 1. The molecule has 0 bridgehead atoms. The third-order valence-electron chi connectivity index (χ3n) is 5.80. The van der Waals surface area contributed by atoms with Crippen LogP contribution in [0.15, 0.2) is 53.3 Å². The van der Waals surface area contributed by atoms with E-state index in [1.54, 1.807) is 19.5 Å². The van der Waals surface area contributed by atoms with Crippen LogP contribution in [0.4, 0.5) is 0 Å². The lowest BCUT2D eigenvalue weighted by atomic mass is 10.0. The quantitative estimate of drug-likeness (QED) is 0.550. The first-order valence-electron chi connectivity index (χ1n) is 11.1. The Balaban J connectivity index is 1.33. The van der Waals surface area contributed by atoms with E-state index in [-0.39, 0.29) is 11.9 Å². The minimum absolute atomic E-state index is 0.0239. The standard InChI is InChI=1S/C24H29N5O3/c1-31-20-7-5-18(6-8-20)21(29-15-3-2-4-16-29)17-26-22(30)9-10-23-27-24(28-32-23)19-11-13-25-14-12-19/h5-8,11-14,21H,2-4,9-10,15-17H2,1H3,(H,26,30)/t21-/m1/s1. The molecule has 1 aromatic carbocycles. The highest BCUT2D eigenvalue weighted by atomic mass is 16.5. The lowest BCUT2D eigenvalue weighted by molar-refractivity contribution is -0.121. The third kappa shape index (κ3) is 5.70. The van der Waals surface area contributed by atoms with Gasteiger partial charge in [0, 0.05) is 37.3 Å². The monoisotopic (exact) mass is 435 g/mol. The van der Waals surface area contributed by atoms with E-state index in [0.29, 0.717) is 31.1 Å². The molecule has 0 spiro atoms. The number of hydrogen-bond acceptors (Lipinski definition) is 7. The average molecular weight is 436 g/mol.